The molecule has 1 amide bonds. The highest BCUT2D eigenvalue weighted by molar-refractivity contribution is 6.29. The Kier molecular flexibility index (Phi) is 3.43. The zero-order chi connectivity index (χ0) is 13.3. The molecule has 1 aliphatic rings. The maximum Gasteiger partial charge on any atom is 0.393 e. The number of hydrogen-bond acceptors (Lipinski definition) is 3. The average molecular weight is 280 g/mol. The van der Waals surface area contributed by atoms with Crippen molar-refractivity contribution in [3.8, 4) is 0 Å². The number of hydrogen-bond donors (Lipinski definition) is 0. The Bertz CT molecular complexity index is 449. The van der Waals surface area contributed by atoms with E-state index in [-0.39, 0.29) is 30.4 Å². The van der Waals surface area contributed by atoms with Crippen molar-refractivity contribution in [1.29, 1.82) is 0 Å². The molecule has 4 nitrogen and oxygen atoms in total. The molecule has 0 aliphatic carbocycles. The summed E-state index contributed by atoms with van der Waals surface area (Å²) >= 11 is 5.51. The summed E-state index contributed by atoms with van der Waals surface area (Å²) in [6, 6.07) is 0. The van der Waals surface area contributed by atoms with Gasteiger partial charge in [0.05, 0.1) is 18.3 Å². The zero-order valence-electron chi connectivity index (χ0n) is 9.12. The van der Waals surface area contributed by atoms with Gasteiger partial charge in [0.2, 0.25) is 0 Å². The van der Waals surface area contributed by atoms with Crippen LogP contribution in [0.1, 0.15) is 16.9 Å². The molecule has 1 unspecified atom stereocenters. The zero-order valence-corrected chi connectivity index (χ0v) is 9.87. The van der Waals surface area contributed by atoms with Crippen LogP contribution in [0.4, 0.5) is 13.2 Å². The number of likely N-dealkylation sites (tertiary alicyclic amines) is 1. The summed E-state index contributed by atoms with van der Waals surface area (Å²) in [5, 5.41) is 0.126. The average Bonchev–Trinajstić information content (AvgIpc) is 2.78. The third kappa shape index (κ3) is 2.72. The summed E-state index contributed by atoms with van der Waals surface area (Å²) in [5.41, 5.74) is 0.00206. The van der Waals surface area contributed by atoms with Crippen LogP contribution in [-0.4, -0.2) is 40.0 Å². The molecule has 8 heteroatoms. The second-order valence-electron chi connectivity index (χ2n) is 4.00. The highest BCUT2D eigenvalue weighted by atomic mass is 35.5. The van der Waals surface area contributed by atoms with Gasteiger partial charge in [0.1, 0.15) is 10.8 Å². The first-order valence-corrected chi connectivity index (χ1v) is 5.59. The predicted molar refractivity (Wildman–Crippen MR) is 57.1 cm³/mol. The topological polar surface area (TPSA) is 46.1 Å². The van der Waals surface area contributed by atoms with Crippen LogP contribution in [0.15, 0.2) is 12.4 Å². The van der Waals surface area contributed by atoms with Crippen LogP contribution in [0.5, 0.6) is 0 Å². The summed E-state index contributed by atoms with van der Waals surface area (Å²) in [5.74, 6) is -2.01. The fraction of sp³-hybridized carbons (Fsp3) is 0.500. The summed E-state index contributed by atoms with van der Waals surface area (Å²) in [6.07, 6.45) is -1.99. The molecule has 1 aromatic rings. The second-order valence-corrected chi connectivity index (χ2v) is 4.39. The number of amides is 1. The molecule has 0 N–H and O–H groups in total. The van der Waals surface area contributed by atoms with Crippen molar-refractivity contribution in [3.05, 3.63) is 23.2 Å². The fourth-order valence-electron chi connectivity index (χ4n) is 1.80. The van der Waals surface area contributed by atoms with Crippen LogP contribution < -0.4 is 0 Å². The molecule has 0 saturated carbocycles. The second kappa shape index (κ2) is 4.72. The Balaban J connectivity index is 2.06. The molecule has 1 aliphatic heterocycles. The number of carbonyl (C=O) groups excluding carboxylic acids is 1. The quantitative estimate of drug-likeness (QED) is 0.791. The molecular weight excluding hydrogens is 271 g/mol. The van der Waals surface area contributed by atoms with E-state index in [0.29, 0.717) is 0 Å². The van der Waals surface area contributed by atoms with Crippen LogP contribution in [0, 0.1) is 5.92 Å². The molecule has 1 saturated heterocycles. The lowest BCUT2D eigenvalue weighted by Crippen LogP contribution is -2.32. The largest absolute Gasteiger partial charge is 0.393 e. The molecular formula is C10H9ClF3N3O. The first kappa shape index (κ1) is 13.1. The van der Waals surface area contributed by atoms with Gasteiger partial charge in [-0.2, -0.15) is 13.2 Å². The molecule has 0 radical (unpaired) electrons. The van der Waals surface area contributed by atoms with Gasteiger partial charge < -0.3 is 4.90 Å². The van der Waals surface area contributed by atoms with Gasteiger partial charge in [0.15, 0.2) is 0 Å². The van der Waals surface area contributed by atoms with E-state index in [4.69, 9.17) is 11.6 Å². The summed E-state index contributed by atoms with van der Waals surface area (Å²) in [4.78, 5) is 20.4. The van der Waals surface area contributed by atoms with Gasteiger partial charge in [0, 0.05) is 13.1 Å². The van der Waals surface area contributed by atoms with Crippen molar-refractivity contribution >= 4 is 17.5 Å². The van der Waals surface area contributed by atoms with Gasteiger partial charge in [-0.3, -0.25) is 4.79 Å². The Labute approximate surface area is 106 Å². The molecule has 0 spiro atoms. The lowest BCUT2D eigenvalue weighted by Gasteiger charge is -2.17. The van der Waals surface area contributed by atoms with Gasteiger partial charge in [-0.25, -0.2) is 9.97 Å². The van der Waals surface area contributed by atoms with Crippen LogP contribution in [0.2, 0.25) is 5.15 Å². The van der Waals surface area contributed by atoms with E-state index in [9.17, 15) is 18.0 Å². The fourth-order valence-corrected chi connectivity index (χ4v) is 1.89. The molecule has 0 aromatic carbocycles. The maximum absolute atomic E-state index is 12.5. The van der Waals surface area contributed by atoms with E-state index in [1.807, 2.05) is 0 Å². The minimum absolute atomic E-state index is 0.00206. The number of rotatable bonds is 1. The molecule has 98 valence electrons. The summed E-state index contributed by atoms with van der Waals surface area (Å²) in [7, 11) is 0. The Hall–Kier alpha value is -1.37. The van der Waals surface area contributed by atoms with Gasteiger partial charge in [-0.05, 0) is 6.42 Å². The van der Waals surface area contributed by atoms with Crippen molar-refractivity contribution in [3.63, 3.8) is 0 Å². The van der Waals surface area contributed by atoms with Crippen LogP contribution in [-0.2, 0) is 0 Å². The normalized spacial score (nSPS) is 20.2. The molecule has 2 heterocycles. The van der Waals surface area contributed by atoms with E-state index < -0.39 is 18.0 Å². The van der Waals surface area contributed by atoms with Crippen molar-refractivity contribution in [2.45, 2.75) is 12.6 Å². The van der Waals surface area contributed by atoms with E-state index >= 15 is 0 Å². The molecule has 2 rings (SSSR count). The minimum atomic E-state index is -4.26. The molecule has 1 aromatic heterocycles. The lowest BCUT2D eigenvalue weighted by atomic mass is 10.1. The number of aromatic nitrogens is 2. The Morgan fingerprint density at radius 3 is 2.61 bits per heavy atom. The number of alkyl halides is 3. The monoisotopic (exact) mass is 279 g/mol. The standard InChI is InChI=1S/C10H9ClF3N3O/c11-8-4-15-7(3-16-8)9(18)17-2-1-6(5-17)10(12,13)14/h3-4,6H,1-2,5H2. The van der Waals surface area contributed by atoms with E-state index in [2.05, 4.69) is 9.97 Å². The van der Waals surface area contributed by atoms with E-state index in [1.165, 1.54) is 6.20 Å². The van der Waals surface area contributed by atoms with E-state index in [0.717, 1.165) is 11.1 Å². The third-order valence-electron chi connectivity index (χ3n) is 2.78. The smallest absolute Gasteiger partial charge is 0.337 e. The van der Waals surface area contributed by atoms with Gasteiger partial charge in [-0.15, -0.1) is 0 Å². The van der Waals surface area contributed by atoms with Gasteiger partial charge in [-0.1, -0.05) is 11.6 Å². The minimum Gasteiger partial charge on any atom is -0.337 e. The molecule has 0 bridgehead atoms. The Morgan fingerprint density at radius 1 is 1.39 bits per heavy atom. The van der Waals surface area contributed by atoms with Crippen LogP contribution in [0.3, 0.4) is 0 Å². The summed E-state index contributed by atoms with van der Waals surface area (Å²) < 4.78 is 37.4. The first-order chi connectivity index (χ1) is 8.38. The van der Waals surface area contributed by atoms with E-state index in [1.54, 1.807) is 0 Å². The summed E-state index contributed by atoms with van der Waals surface area (Å²) in [6.45, 7) is -0.250. The number of nitrogens with zero attached hydrogens (tertiary/aromatic N) is 3. The van der Waals surface area contributed by atoms with Crippen molar-refractivity contribution < 1.29 is 18.0 Å². The van der Waals surface area contributed by atoms with Crippen molar-refractivity contribution in [2.75, 3.05) is 13.1 Å². The maximum atomic E-state index is 12.5. The predicted octanol–water partition coefficient (Wildman–Crippen LogP) is 2.15. The SMILES string of the molecule is O=C(c1cnc(Cl)cn1)N1CCC(C(F)(F)F)C1. The van der Waals surface area contributed by atoms with Crippen molar-refractivity contribution in [2.24, 2.45) is 5.92 Å². The third-order valence-corrected chi connectivity index (χ3v) is 2.97. The van der Waals surface area contributed by atoms with Gasteiger partial charge >= 0.3 is 6.18 Å². The molecule has 1 atom stereocenters. The Morgan fingerprint density at radius 2 is 2.11 bits per heavy atom. The lowest BCUT2D eigenvalue weighted by molar-refractivity contribution is -0.169. The van der Waals surface area contributed by atoms with Crippen LogP contribution in [0.25, 0.3) is 0 Å². The molecule has 1 fully saturated rings. The highest BCUT2D eigenvalue weighted by Crippen LogP contribution is 2.33. The van der Waals surface area contributed by atoms with Crippen molar-refractivity contribution in [1.82, 2.24) is 14.9 Å². The highest BCUT2D eigenvalue weighted by Gasteiger charge is 2.44. The first-order valence-electron chi connectivity index (χ1n) is 5.21. The molecule has 18 heavy (non-hydrogen) atoms. The number of carbonyl (C=O) groups is 1. The number of halogens is 4. The van der Waals surface area contributed by atoms with Gasteiger partial charge in [0.25, 0.3) is 5.91 Å². The van der Waals surface area contributed by atoms with Crippen LogP contribution >= 0.6 is 11.6 Å².